The Bertz CT molecular complexity index is 862. The maximum atomic E-state index is 12.8. The van der Waals surface area contributed by atoms with Gasteiger partial charge < -0.3 is 4.74 Å². The molecule has 0 unspecified atom stereocenters. The summed E-state index contributed by atoms with van der Waals surface area (Å²) in [6, 6.07) is 6.56. The monoisotopic (exact) mass is 409 g/mol. The molecule has 1 aliphatic rings. The fourth-order valence-corrected chi connectivity index (χ4v) is 5.43. The first-order valence-electron chi connectivity index (χ1n) is 9.01. The molecule has 0 bridgehead atoms. The highest BCUT2D eigenvalue weighted by Crippen LogP contribution is 2.25. The first kappa shape index (κ1) is 20.3. The van der Waals surface area contributed by atoms with Gasteiger partial charge in [0.15, 0.2) is 0 Å². The van der Waals surface area contributed by atoms with Crippen LogP contribution in [0.15, 0.2) is 34.5 Å². The second-order valence-corrected chi connectivity index (χ2v) is 10.6. The molecule has 1 fully saturated rings. The van der Waals surface area contributed by atoms with Gasteiger partial charge in [0.25, 0.3) is 0 Å². The van der Waals surface area contributed by atoms with Crippen LogP contribution in [0.3, 0.4) is 0 Å². The van der Waals surface area contributed by atoms with E-state index in [1.807, 2.05) is 0 Å². The van der Waals surface area contributed by atoms with Crippen molar-refractivity contribution in [2.45, 2.75) is 37.6 Å². The topological polar surface area (TPSA) is 62.7 Å². The number of rotatable bonds is 5. The van der Waals surface area contributed by atoms with Crippen molar-refractivity contribution in [3.05, 3.63) is 40.3 Å². The van der Waals surface area contributed by atoms with Crippen LogP contribution in [0.1, 0.15) is 31.5 Å². The molecule has 1 aliphatic heterocycles. The van der Waals surface area contributed by atoms with Gasteiger partial charge in [-0.1, -0.05) is 20.8 Å². The minimum absolute atomic E-state index is 0.0554. The molecule has 1 aromatic heterocycles. The Balaban J connectivity index is 1.60. The van der Waals surface area contributed by atoms with E-state index in [0.29, 0.717) is 36.8 Å². The predicted octanol–water partition coefficient (Wildman–Crippen LogP) is 2.96. The first-order chi connectivity index (χ1) is 12.7. The van der Waals surface area contributed by atoms with E-state index in [-0.39, 0.29) is 5.41 Å². The standard InChI is InChI=1S/C19H27N3O3S2/c1-19(2,3)17-14-26-18(20-17)13-21-9-11-22(12-10-21)27(23,24)16-7-5-15(25-4)6-8-16/h5-8,14H,9-13H2,1-4H3. The molecule has 0 aliphatic carbocycles. The van der Waals surface area contributed by atoms with Crippen molar-refractivity contribution in [2.75, 3.05) is 33.3 Å². The summed E-state index contributed by atoms with van der Waals surface area (Å²) >= 11 is 1.68. The van der Waals surface area contributed by atoms with Crippen LogP contribution in [-0.4, -0.2) is 55.9 Å². The van der Waals surface area contributed by atoms with Gasteiger partial charge in [-0.05, 0) is 24.3 Å². The molecule has 0 spiro atoms. The average molecular weight is 410 g/mol. The molecule has 0 radical (unpaired) electrons. The summed E-state index contributed by atoms with van der Waals surface area (Å²) < 4.78 is 32.3. The molecule has 0 amide bonds. The van der Waals surface area contributed by atoms with Gasteiger partial charge in [-0.3, -0.25) is 4.90 Å². The second kappa shape index (κ2) is 7.87. The Morgan fingerprint density at radius 2 is 1.74 bits per heavy atom. The highest BCUT2D eigenvalue weighted by atomic mass is 32.2. The number of hydrogen-bond acceptors (Lipinski definition) is 6. The number of benzene rings is 1. The van der Waals surface area contributed by atoms with Crippen LogP contribution in [0.5, 0.6) is 5.75 Å². The van der Waals surface area contributed by atoms with Crippen molar-refractivity contribution < 1.29 is 13.2 Å². The minimum Gasteiger partial charge on any atom is -0.497 e. The molecule has 2 aromatic rings. The molecule has 1 saturated heterocycles. The third-order valence-electron chi connectivity index (χ3n) is 4.71. The van der Waals surface area contributed by atoms with Gasteiger partial charge in [0.1, 0.15) is 10.8 Å². The van der Waals surface area contributed by atoms with Crippen molar-refractivity contribution in [2.24, 2.45) is 0 Å². The number of aromatic nitrogens is 1. The summed E-state index contributed by atoms with van der Waals surface area (Å²) in [5.74, 6) is 0.650. The molecular formula is C19H27N3O3S2. The predicted molar refractivity (Wildman–Crippen MR) is 108 cm³/mol. The molecule has 3 rings (SSSR count). The van der Waals surface area contributed by atoms with Gasteiger partial charge in [0.05, 0.1) is 24.2 Å². The van der Waals surface area contributed by atoms with Gasteiger partial charge >= 0.3 is 0 Å². The molecule has 2 heterocycles. The molecular weight excluding hydrogens is 382 g/mol. The normalized spacial score (nSPS) is 17.2. The van der Waals surface area contributed by atoms with E-state index in [1.54, 1.807) is 47.0 Å². The van der Waals surface area contributed by atoms with Gasteiger partial charge in [0.2, 0.25) is 10.0 Å². The van der Waals surface area contributed by atoms with Crippen LogP contribution in [0.25, 0.3) is 0 Å². The van der Waals surface area contributed by atoms with Crippen molar-refractivity contribution in [3.63, 3.8) is 0 Å². The number of sulfonamides is 1. The zero-order valence-corrected chi connectivity index (χ0v) is 17.9. The summed E-state index contributed by atoms with van der Waals surface area (Å²) in [4.78, 5) is 7.32. The minimum atomic E-state index is -3.46. The number of methoxy groups -OCH3 is 1. The van der Waals surface area contributed by atoms with Gasteiger partial charge in [-0.25, -0.2) is 13.4 Å². The maximum Gasteiger partial charge on any atom is 0.243 e. The molecule has 0 N–H and O–H groups in total. The summed E-state index contributed by atoms with van der Waals surface area (Å²) in [7, 11) is -1.90. The summed E-state index contributed by atoms with van der Waals surface area (Å²) in [6.07, 6.45) is 0. The Morgan fingerprint density at radius 1 is 1.11 bits per heavy atom. The summed E-state index contributed by atoms with van der Waals surface area (Å²) in [6.45, 7) is 9.66. The van der Waals surface area contributed by atoms with Crippen molar-refractivity contribution in [1.82, 2.24) is 14.2 Å². The molecule has 0 atom stereocenters. The average Bonchev–Trinajstić information content (AvgIpc) is 3.11. The van der Waals surface area contributed by atoms with E-state index in [1.165, 1.54) is 0 Å². The molecule has 148 valence electrons. The Labute approximate surface area is 165 Å². The Kier molecular flexibility index (Phi) is 5.90. The van der Waals surface area contributed by atoms with Crippen LogP contribution in [-0.2, 0) is 22.0 Å². The smallest absolute Gasteiger partial charge is 0.243 e. The number of hydrogen-bond donors (Lipinski definition) is 0. The van der Waals surface area contributed by atoms with Crippen LogP contribution >= 0.6 is 11.3 Å². The molecule has 1 aromatic carbocycles. The van der Waals surface area contributed by atoms with Gasteiger partial charge in [-0.15, -0.1) is 11.3 Å². The fourth-order valence-electron chi connectivity index (χ4n) is 2.94. The van der Waals surface area contributed by atoms with Gasteiger partial charge in [-0.2, -0.15) is 4.31 Å². The lowest BCUT2D eigenvalue weighted by Gasteiger charge is -2.33. The Morgan fingerprint density at radius 3 is 2.26 bits per heavy atom. The van der Waals surface area contributed by atoms with Gasteiger partial charge in [0, 0.05) is 37.0 Å². The van der Waals surface area contributed by atoms with E-state index < -0.39 is 10.0 Å². The number of piperazine rings is 1. The third kappa shape index (κ3) is 4.68. The third-order valence-corrected chi connectivity index (χ3v) is 7.45. The SMILES string of the molecule is COc1ccc(S(=O)(=O)N2CCN(Cc3nc(C(C)(C)C)cs3)CC2)cc1. The molecule has 0 saturated carbocycles. The zero-order chi connectivity index (χ0) is 19.7. The fraction of sp³-hybridized carbons (Fsp3) is 0.526. The van der Waals surface area contributed by atoms with Crippen LogP contribution < -0.4 is 4.74 Å². The summed E-state index contributed by atoms with van der Waals surface area (Å²) in [5, 5.41) is 3.21. The van der Waals surface area contributed by atoms with E-state index in [4.69, 9.17) is 9.72 Å². The largest absolute Gasteiger partial charge is 0.497 e. The van der Waals surface area contributed by atoms with E-state index in [9.17, 15) is 8.42 Å². The molecule has 27 heavy (non-hydrogen) atoms. The highest BCUT2D eigenvalue weighted by Gasteiger charge is 2.29. The lowest BCUT2D eigenvalue weighted by atomic mass is 9.93. The quantitative estimate of drug-likeness (QED) is 0.760. The van der Waals surface area contributed by atoms with Crippen LogP contribution in [0, 0.1) is 0 Å². The van der Waals surface area contributed by atoms with Crippen molar-refractivity contribution >= 4 is 21.4 Å². The summed E-state index contributed by atoms with van der Waals surface area (Å²) in [5.41, 5.74) is 1.17. The zero-order valence-electron chi connectivity index (χ0n) is 16.3. The Hall–Kier alpha value is -1.48. The highest BCUT2D eigenvalue weighted by molar-refractivity contribution is 7.89. The first-order valence-corrected chi connectivity index (χ1v) is 11.3. The lowest BCUT2D eigenvalue weighted by molar-refractivity contribution is 0.181. The molecule has 8 heteroatoms. The van der Waals surface area contributed by atoms with E-state index in [2.05, 4.69) is 31.1 Å². The van der Waals surface area contributed by atoms with Crippen molar-refractivity contribution in [3.8, 4) is 5.75 Å². The lowest BCUT2D eigenvalue weighted by Crippen LogP contribution is -2.48. The van der Waals surface area contributed by atoms with Crippen LogP contribution in [0.2, 0.25) is 0 Å². The number of ether oxygens (including phenoxy) is 1. The van der Waals surface area contributed by atoms with E-state index in [0.717, 1.165) is 17.2 Å². The van der Waals surface area contributed by atoms with Crippen molar-refractivity contribution in [1.29, 1.82) is 0 Å². The number of thiazole rings is 1. The number of nitrogens with zero attached hydrogens (tertiary/aromatic N) is 3. The maximum absolute atomic E-state index is 12.8. The second-order valence-electron chi connectivity index (χ2n) is 7.73. The van der Waals surface area contributed by atoms with Crippen LogP contribution in [0.4, 0.5) is 0 Å². The molecule has 6 nitrogen and oxygen atoms in total. The van der Waals surface area contributed by atoms with E-state index >= 15 is 0 Å².